The van der Waals surface area contributed by atoms with Gasteiger partial charge in [0, 0.05) is 5.69 Å². The summed E-state index contributed by atoms with van der Waals surface area (Å²) in [6, 6.07) is 4.02. The molecule has 1 aromatic heterocycles. The van der Waals surface area contributed by atoms with E-state index in [2.05, 4.69) is 31.1 Å². The number of nitrogens with one attached hydrogen (secondary N) is 1. The number of hydrogen-bond donors (Lipinski definition) is 1. The SMILES string of the molecule is Cc1c(Br)cnn1CC(=O)Nc1ccc(OC(F)F)c(Cl)c1. The van der Waals surface area contributed by atoms with Crippen LogP contribution >= 0.6 is 27.5 Å². The second-order valence-corrected chi connectivity index (χ2v) is 5.57. The highest BCUT2D eigenvalue weighted by Crippen LogP contribution is 2.29. The largest absolute Gasteiger partial charge is 0.433 e. The van der Waals surface area contributed by atoms with Crippen molar-refractivity contribution >= 4 is 39.1 Å². The molecule has 1 N–H and O–H groups in total. The van der Waals surface area contributed by atoms with E-state index in [0.29, 0.717) is 5.69 Å². The van der Waals surface area contributed by atoms with Gasteiger partial charge in [0.05, 0.1) is 21.4 Å². The summed E-state index contributed by atoms with van der Waals surface area (Å²) in [5.41, 5.74) is 1.19. The second-order valence-electron chi connectivity index (χ2n) is 4.31. The quantitative estimate of drug-likeness (QED) is 0.838. The van der Waals surface area contributed by atoms with Gasteiger partial charge in [-0.25, -0.2) is 0 Å². The lowest BCUT2D eigenvalue weighted by Gasteiger charge is -2.10. The highest BCUT2D eigenvalue weighted by atomic mass is 79.9. The van der Waals surface area contributed by atoms with Gasteiger partial charge in [0.2, 0.25) is 5.91 Å². The van der Waals surface area contributed by atoms with Crippen LogP contribution in [0, 0.1) is 6.92 Å². The van der Waals surface area contributed by atoms with Gasteiger partial charge in [0.25, 0.3) is 0 Å². The number of carbonyl (C=O) groups is 1. The monoisotopic (exact) mass is 393 g/mol. The minimum atomic E-state index is -2.96. The Hall–Kier alpha value is -1.67. The van der Waals surface area contributed by atoms with Gasteiger partial charge in [0.15, 0.2) is 0 Å². The van der Waals surface area contributed by atoms with Gasteiger partial charge in [-0.2, -0.15) is 13.9 Å². The molecule has 0 aliphatic carbocycles. The van der Waals surface area contributed by atoms with E-state index in [1.807, 2.05) is 6.92 Å². The highest BCUT2D eigenvalue weighted by Gasteiger charge is 2.12. The summed E-state index contributed by atoms with van der Waals surface area (Å²) < 4.78 is 30.8. The topological polar surface area (TPSA) is 56.2 Å². The predicted octanol–water partition coefficient (Wildman–Crippen LogP) is 3.85. The van der Waals surface area contributed by atoms with Gasteiger partial charge < -0.3 is 10.1 Å². The first-order valence-corrected chi connectivity index (χ1v) is 7.26. The molecule has 118 valence electrons. The van der Waals surface area contributed by atoms with Crippen LogP contribution in [0.5, 0.6) is 5.75 Å². The smallest absolute Gasteiger partial charge is 0.387 e. The van der Waals surface area contributed by atoms with Crippen molar-refractivity contribution in [1.82, 2.24) is 9.78 Å². The van der Waals surface area contributed by atoms with E-state index in [9.17, 15) is 13.6 Å². The van der Waals surface area contributed by atoms with Crippen LogP contribution in [0.2, 0.25) is 5.02 Å². The van der Waals surface area contributed by atoms with Crippen molar-refractivity contribution in [2.75, 3.05) is 5.32 Å². The number of ether oxygens (including phenoxy) is 1. The Bertz CT molecular complexity index is 694. The van der Waals surface area contributed by atoms with E-state index in [1.54, 1.807) is 6.20 Å². The van der Waals surface area contributed by atoms with Gasteiger partial charge in [-0.3, -0.25) is 9.48 Å². The molecule has 0 radical (unpaired) electrons. The molecule has 0 spiro atoms. The molecule has 0 atom stereocenters. The van der Waals surface area contributed by atoms with Crippen LogP contribution in [0.4, 0.5) is 14.5 Å². The lowest BCUT2D eigenvalue weighted by atomic mass is 10.3. The minimum Gasteiger partial charge on any atom is -0.433 e. The van der Waals surface area contributed by atoms with Crippen molar-refractivity contribution in [2.24, 2.45) is 0 Å². The zero-order valence-corrected chi connectivity index (χ0v) is 13.7. The van der Waals surface area contributed by atoms with E-state index >= 15 is 0 Å². The maximum absolute atomic E-state index is 12.1. The summed E-state index contributed by atoms with van der Waals surface area (Å²) in [6.07, 6.45) is 1.59. The summed E-state index contributed by atoms with van der Waals surface area (Å²) in [7, 11) is 0. The van der Waals surface area contributed by atoms with Crippen LogP contribution in [-0.4, -0.2) is 22.3 Å². The van der Waals surface area contributed by atoms with Crippen LogP contribution in [0.3, 0.4) is 0 Å². The van der Waals surface area contributed by atoms with Crippen molar-refractivity contribution in [1.29, 1.82) is 0 Å². The van der Waals surface area contributed by atoms with Gasteiger partial charge >= 0.3 is 6.61 Å². The number of alkyl halides is 2. The van der Waals surface area contributed by atoms with E-state index in [-0.39, 0.29) is 23.2 Å². The number of rotatable bonds is 5. The standard InChI is InChI=1S/C13H11BrClF2N3O2/c1-7-9(14)5-18-20(7)6-12(21)19-8-2-3-11(10(15)4-8)22-13(16)17/h2-5,13H,6H2,1H3,(H,19,21). The van der Waals surface area contributed by atoms with Crippen LogP contribution < -0.4 is 10.1 Å². The molecule has 1 aromatic carbocycles. The molecule has 0 fully saturated rings. The fraction of sp³-hybridized carbons (Fsp3) is 0.231. The molecule has 1 amide bonds. The number of aromatic nitrogens is 2. The summed E-state index contributed by atoms with van der Waals surface area (Å²) in [6.45, 7) is -1.12. The summed E-state index contributed by atoms with van der Waals surface area (Å²) >= 11 is 9.11. The molecule has 2 rings (SSSR count). The van der Waals surface area contributed by atoms with Gasteiger partial charge in [-0.15, -0.1) is 0 Å². The van der Waals surface area contributed by atoms with Gasteiger partial charge in [-0.05, 0) is 41.1 Å². The zero-order valence-electron chi connectivity index (χ0n) is 11.3. The number of halogens is 4. The molecule has 0 aliphatic rings. The first-order chi connectivity index (χ1) is 10.4. The molecule has 0 saturated heterocycles. The van der Waals surface area contributed by atoms with Crippen LogP contribution in [-0.2, 0) is 11.3 Å². The van der Waals surface area contributed by atoms with Crippen molar-refractivity contribution in [3.8, 4) is 5.75 Å². The average Bonchev–Trinajstić information content (AvgIpc) is 2.73. The molecule has 22 heavy (non-hydrogen) atoms. The van der Waals surface area contributed by atoms with Crippen molar-refractivity contribution < 1.29 is 18.3 Å². The maximum atomic E-state index is 12.1. The Kier molecular flexibility index (Phi) is 5.36. The number of hydrogen-bond acceptors (Lipinski definition) is 3. The molecule has 2 aromatic rings. The Morgan fingerprint density at radius 1 is 1.55 bits per heavy atom. The average molecular weight is 395 g/mol. The molecular weight excluding hydrogens is 384 g/mol. The third-order valence-electron chi connectivity index (χ3n) is 2.77. The molecule has 9 heteroatoms. The van der Waals surface area contributed by atoms with Gasteiger partial charge in [-0.1, -0.05) is 11.6 Å². The van der Waals surface area contributed by atoms with E-state index in [4.69, 9.17) is 11.6 Å². The molecular formula is C13H11BrClF2N3O2. The predicted molar refractivity (Wildman–Crippen MR) is 81.4 cm³/mol. The third kappa shape index (κ3) is 4.17. The normalized spacial score (nSPS) is 10.8. The molecule has 0 bridgehead atoms. The summed E-state index contributed by atoms with van der Waals surface area (Å²) in [5, 5.41) is 6.63. The lowest BCUT2D eigenvalue weighted by molar-refractivity contribution is -0.116. The second kappa shape index (κ2) is 7.06. The highest BCUT2D eigenvalue weighted by molar-refractivity contribution is 9.10. The maximum Gasteiger partial charge on any atom is 0.387 e. The number of anilines is 1. The minimum absolute atomic E-state index is 0.0175. The van der Waals surface area contributed by atoms with Gasteiger partial charge in [0.1, 0.15) is 12.3 Å². The third-order valence-corrected chi connectivity index (χ3v) is 3.84. The zero-order chi connectivity index (χ0) is 16.3. The van der Waals surface area contributed by atoms with Crippen molar-refractivity contribution in [2.45, 2.75) is 20.1 Å². The number of nitrogens with zero attached hydrogens (tertiary/aromatic N) is 2. The van der Waals surface area contributed by atoms with E-state index in [1.165, 1.54) is 22.9 Å². The van der Waals surface area contributed by atoms with Crippen molar-refractivity contribution in [3.05, 3.63) is 39.6 Å². The molecule has 0 aliphatic heterocycles. The van der Waals surface area contributed by atoms with Crippen LogP contribution in [0.15, 0.2) is 28.9 Å². The van der Waals surface area contributed by atoms with E-state index in [0.717, 1.165) is 10.2 Å². The summed E-state index contributed by atoms with van der Waals surface area (Å²) in [4.78, 5) is 11.9. The van der Waals surface area contributed by atoms with E-state index < -0.39 is 6.61 Å². The number of benzene rings is 1. The van der Waals surface area contributed by atoms with Crippen LogP contribution in [0.1, 0.15) is 5.69 Å². The fourth-order valence-electron chi connectivity index (χ4n) is 1.69. The molecule has 1 heterocycles. The molecule has 5 nitrogen and oxygen atoms in total. The first-order valence-electron chi connectivity index (χ1n) is 6.09. The van der Waals surface area contributed by atoms with Crippen LogP contribution in [0.25, 0.3) is 0 Å². The number of amides is 1. The first kappa shape index (κ1) is 16.7. The molecule has 0 saturated carbocycles. The lowest BCUT2D eigenvalue weighted by Crippen LogP contribution is -2.20. The molecule has 0 unspecified atom stereocenters. The summed E-state index contributed by atoms with van der Waals surface area (Å²) in [5.74, 6) is -0.473. The Balaban J connectivity index is 2.02. The Morgan fingerprint density at radius 3 is 2.82 bits per heavy atom. The Labute approximate surface area is 138 Å². The number of carbonyl (C=O) groups excluding carboxylic acids is 1. The fourth-order valence-corrected chi connectivity index (χ4v) is 2.21. The van der Waals surface area contributed by atoms with Crippen molar-refractivity contribution in [3.63, 3.8) is 0 Å². The Morgan fingerprint density at radius 2 is 2.27 bits per heavy atom.